The van der Waals surface area contributed by atoms with Crippen molar-refractivity contribution in [3.63, 3.8) is 0 Å². The summed E-state index contributed by atoms with van der Waals surface area (Å²) in [5, 5.41) is 9.47. The number of carbonyl (C=O) groups excluding carboxylic acids is 1. The lowest BCUT2D eigenvalue weighted by Gasteiger charge is -2.21. The monoisotopic (exact) mass is 468 g/mol. The first-order valence-electron chi connectivity index (χ1n) is 10.6. The molecule has 0 aromatic heterocycles. The maximum absolute atomic E-state index is 13.7. The zero-order chi connectivity index (χ0) is 24.2. The van der Waals surface area contributed by atoms with Crippen molar-refractivity contribution < 1.29 is 23.2 Å². The highest BCUT2D eigenvalue weighted by Gasteiger charge is 2.32. The number of nitrogens with two attached hydrogens (primary N) is 1. The van der Waals surface area contributed by atoms with E-state index in [-0.39, 0.29) is 33.0 Å². The van der Waals surface area contributed by atoms with Crippen molar-refractivity contribution in [3.8, 4) is 5.75 Å². The molecular formula is C25H28N2O5S. The summed E-state index contributed by atoms with van der Waals surface area (Å²) in [7, 11) is -4.15. The minimum atomic E-state index is -4.15. The Balaban J connectivity index is 2.24. The first kappa shape index (κ1) is 24.3. The van der Waals surface area contributed by atoms with Crippen LogP contribution >= 0.6 is 0 Å². The SMILES string of the molecule is CCCOc1ccc(S(=O)(=O)c2c(C)c(N)c(C)c(Cc3ccccc3)c2C(=O)NO)cc1. The van der Waals surface area contributed by atoms with Gasteiger partial charge in [-0.2, -0.15) is 0 Å². The summed E-state index contributed by atoms with van der Waals surface area (Å²) in [6.07, 6.45) is 1.10. The van der Waals surface area contributed by atoms with Crippen LogP contribution in [0, 0.1) is 13.8 Å². The summed E-state index contributed by atoms with van der Waals surface area (Å²) >= 11 is 0. The van der Waals surface area contributed by atoms with Crippen LogP contribution in [0.15, 0.2) is 64.4 Å². The van der Waals surface area contributed by atoms with E-state index < -0.39 is 15.7 Å². The second kappa shape index (κ2) is 10.1. The number of benzene rings is 3. The third-order valence-electron chi connectivity index (χ3n) is 5.56. The van der Waals surface area contributed by atoms with Gasteiger partial charge in [0.25, 0.3) is 5.91 Å². The van der Waals surface area contributed by atoms with Gasteiger partial charge in [-0.05, 0) is 73.2 Å². The van der Waals surface area contributed by atoms with E-state index >= 15 is 0 Å². The molecule has 1 amide bonds. The van der Waals surface area contributed by atoms with Crippen molar-refractivity contribution in [1.82, 2.24) is 5.48 Å². The minimum Gasteiger partial charge on any atom is -0.494 e. The van der Waals surface area contributed by atoms with E-state index in [0.717, 1.165) is 12.0 Å². The number of hydrogen-bond donors (Lipinski definition) is 3. The number of sulfone groups is 1. The van der Waals surface area contributed by atoms with E-state index in [4.69, 9.17) is 10.5 Å². The Morgan fingerprint density at radius 1 is 1.03 bits per heavy atom. The summed E-state index contributed by atoms with van der Waals surface area (Å²) in [4.78, 5) is 12.6. The lowest BCUT2D eigenvalue weighted by atomic mass is 9.91. The number of nitrogen functional groups attached to an aromatic ring is 1. The molecule has 0 aliphatic rings. The van der Waals surface area contributed by atoms with Crippen LogP contribution in [0.5, 0.6) is 5.75 Å². The first-order chi connectivity index (χ1) is 15.7. The minimum absolute atomic E-state index is 0.00430. The van der Waals surface area contributed by atoms with Gasteiger partial charge in [-0.3, -0.25) is 10.0 Å². The third-order valence-corrected chi connectivity index (χ3v) is 7.50. The first-order valence-corrected chi connectivity index (χ1v) is 12.1. The van der Waals surface area contributed by atoms with Crippen LogP contribution in [0.4, 0.5) is 5.69 Å². The van der Waals surface area contributed by atoms with E-state index in [2.05, 4.69) is 0 Å². The molecule has 3 rings (SSSR count). The molecule has 3 aromatic rings. The van der Waals surface area contributed by atoms with Gasteiger partial charge in [0.2, 0.25) is 9.84 Å². The second-order valence-electron chi connectivity index (χ2n) is 7.77. The average molecular weight is 469 g/mol. The Hall–Kier alpha value is -3.36. The van der Waals surface area contributed by atoms with Crippen LogP contribution in [0.3, 0.4) is 0 Å². The fourth-order valence-electron chi connectivity index (χ4n) is 3.78. The highest BCUT2D eigenvalue weighted by Crippen LogP contribution is 2.37. The molecule has 4 N–H and O–H groups in total. The Morgan fingerprint density at radius 3 is 2.24 bits per heavy atom. The topological polar surface area (TPSA) is 119 Å². The van der Waals surface area contributed by atoms with Crippen molar-refractivity contribution in [2.24, 2.45) is 0 Å². The Bertz CT molecular complexity index is 1250. The standard InChI is InChI=1S/C25H28N2O5S/c1-4-14-32-19-10-12-20(13-11-19)33(30,31)24-17(3)23(26)16(2)21(22(24)25(28)27-29)15-18-8-6-5-7-9-18/h5-13,29H,4,14-15,26H2,1-3H3,(H,27,28). The summed E-state index contributed by atoms with van der Waals surface area (Å²) in [5.74, 6) is -0.359. The van der Waals surface area contributed by atoms with Gasteiger partial charge in [0.15, 0.2) is 0 Å². The predicted molar refractivity (Wildman–Crippen MR) is 127 cm³/mol. The summed E-state index contributed by atoms with van der Waals surface area (Å²) in [6, 6.07) is 15.4. The smallest absolute Gasteiger partial charge is 0.276 e. The van der Waals surface area contributed by atoms with Gasteiger partial charge in [-0.25, -0.2) is 13.9 Å². The summed E-state index contributed by atoms with van der Waals surface area (Å²) in [5.41, 5.74) is 10.3. The number of ether oxygens (including phenoxy) is 1. The summed E-state index contributed by atoms with van der Waals surface area (Å²) < 4.78 is 33.0. The maximum Gasteiger partial charge on any atom is 0.276 e. The van der Waals surface area contributed by atoms with Crippen molar-refractivity contribution in [2.45, 2.75) is 43.4 Å². The van der Waals surface area contributed by atoms with E-state index in [1.54, 1.807) is 31.5 Å². The molecule has 0 spiro atoms. The van der Waals surface area contributed by atoms with Gasteiger partial charge >= 0.3 is 0 Å². The fourth-order valence-corrected chi connectivity index (χ4v) is 5.51. The molecule has 0 atom stereocenters. The van der Waals surface area contributed by atoms with Crippen molar-refractivity contribution in [3.05, 3.63) is 82.4 Å². The highest BCUT2D eigenvalue weighted by molar-refractivity contribution is 7.91. The Kier molecular flexibility index (Phi) is 7.40. The lowest BCUT2D eigenvalue weighted by Crippen LogP contribution is -2.26. The van der Waals surface area contributed by atoms with Gasteiger partial charge in [-0.15, -0.1) is 0 Å². The maximum atomic E-state index is 13.7. The number of nitrogens with one attached hydrogen (secondary N) is 1. The van der Waals surface area contributed by atoms with E-state index in [9.17, 15) is 18.4 Å². The lowest BCUT2D eigenvalue weighted by molar-refractivity contribution is 0.0701. The van der Waals surface area contributed by atoms with Crippen LogP contribution in [0.25, 0.3) is 0 Å². The fraction of sp³-hybridized carbons (Fsp3) is 0.240. The van der Waals surface area contributed by atoms with Crippen LogP contribution in [-0.4, -0.2) is 26.1 Å². The van der Waals surface area contributed by atoms with E-state index in [1.165, 1.54) is 12.1 Å². The largest absolute Gasteiger partial charge is 0.494 e. The highest BCUT2D eigenvalue weighted by atomic mass is 32.2. The molecule has 0 aliphatic heterocycles. The molecule has 0 heterocycles. The van der Waals surface area contributed by atoms with Crippen LogP contribution in [0.1, 0.15) is 46.0 Å². The van der Waals surface area contributed by atoms with E-state index in [0.29, 0.717) is 23.5 Å². The molecule has 0 radical (unpaired) electrons. The number of rotatable bonds is 8. The molecule has 0 saturated carbocycles. The van der Waals surface area contributed by atoms with Crippen LogP contribution in [-0.2, 0) is 16.3 Å². The van der Waals surface area contributed by atoms with Gasteiger partial charge in [0.05, 0.1) is 22.0 Å². The molecule has 0 aliphatic carbocycles. The van der Waals surface area contributed by atoms with Crippen molar-refractivity contribution in [2.75, 3.05) is 12.3 Å². The van der Waals surface area contributed by atoms with Gasteiger partial charge in [0, 0.05) is 5.69 Å². The van der Waals surface area contributed by atoms with Crippen LogP contribution in [0.2, 0.25) is 0 Å². The molecule has 174 valence electrons. The predicted octanol–water partition coefficient (Wildman–Crippen LogP) is 4.22. The molecule has 33 heavy (non-hydrogen) atoms. The molecular weight excluding hydrogens is 440 g/mol. The Morgan fingerprint density at radius 2 is 1.67 bits per heavy atom. The number of hydroxylamine groups is 1. The summed E-state index contributed by atoms with van der Waals surface area (Å²) in [6.45, 7) is 5.80. The molecule has 0 bridgehead atoms. The van der Waals surface area contributed by atoms with Crippen LogP contribution < -0.4 is 16.0 Å². The average Bonchev–Trinajstić information content (AvgIpc) is 2.83. The molecule has 8 heteroatoms. The molecule has 7 nitrogen and oxygen atoms in total. The van der Waals surface area contributed by atoms with Crippen molar-refractivity contribution in [1.29, 1.82) is 0 Å². The van der Waals surface area contributed by atoms with Gasteiger partial charge < -0.3 is 10.5 Å². The second-order valence-corrected chi connectivity index (χ2v) is 9.66. The van der Waals surface area contributed by atoms with E-state index in [1.807, 2.05) is 37.3 Å². The molecule has 0 unspecified atom stereocenters. The number of carbonyl (C=O) groups is 1. The third kappa shape index (κ3) is 4.86. The normalized spacial score (nSPS) is 11.3. The number of amides is 1. The molecule has 0 fully saturated rings. The Labute approximate surface area is 194 Å². The zero-order valence-electron chi connectivity index (χ0n) is 18.9. The zero-order valence-corrected chi connectivity index (χ0v) is 19.7. The molecule has 3 aromatic carbocycles. The van der Waals surface area contributed by atoms with Crippen molar-refractivity contribution >= 4 is 21.4 Å². The number of hydrogen-bond acceptors (Lipinski definition) is 6. The van der Waals surface area contributed by atoms with Gasteiger partial charge in [-0.1, -0.05) is 37.3 Å². The quantitative estimate of drug-likeness (QED) is 0.259. The number of anilines is 1. The molecule has 0 saturated heterocycles. The van der Waals surface area contributed by atoms with Gasteiger partial charge in [0.1, 0.15) is 5.75 Å².